The maximum Gasteiger partial charge on any atom is 0.299 e. The van der Waals surface area contributed by atoms with Crippen molar-refractivity contribution in [3.8, 4) is 0 Å². The van der Waals surface area contributed by atoms with Crippen LogP contribution in [0.1, 0.15) is 30.1 Å². The number of amides is 1. The van der Waals surface area contributed by atoms with Crippen LogP contribution in [0.25, 0.3) is 0 Å². The SMILES string of the molecule is CC(=O)CCCN1C(=O)C(=O)c2cc(Cl)c(F)cc21. The van der Waals surface area contributed by atoms with Crippen LogP contribution in [0.15, 0.2) is 12.1 Å². The van der Waals surface area contributed by atoms with E-state index < -0.39 is 17.5 Å². The number of carbonyl (C=O) groups is 3. The van der Waals surface area contributed by atoms with E-state index in [-0.39, 0.29) is 28.6 Å². The van der Waals surface area contributed by atoms with Crippen LogP contribution in [0, 0.1) is 5.82 Å². The molecule has 0 bridgehead atoms. The lowest BCUT2D eigenvalue weighted by Gasteiger charge is -2.16. The second kappa shape index (κ2) is 5.09. The largest absolute Gasteiger partial charge is 0.305 e. The van der Waals surface area contributed by atoms with Gasteiger partial charge in [0.25, 0.3) is 11.7 Å². The number of rotatable bonds is 4. The number of anilines is 1. The summed E-state index contributed by atoms with van der Waals surface area (Å²) in [4.78, 5) is 35.6. The fourth-order valence-corrected chi connectivity index (χ4v) is 2.16. The van der Waals surface area contributed by atoms with Crippen molar-refractivity contribution in [2.75, 3.05) is 11.4 Å². The molecule has 4 nitrogen and oxygen atoms in total. The molecule has 1 aromatic carbocycles. The van der Waals surface area contributed by atoms with E-state index in [0.717, 1.165) is 12.1 Å². The van der Waals surface area contributed by atoms with Crippen LogP contribution in [0.2, 0.25) is 5.02 Å². The Morgan fingerprint density at radius 1 is 1.37 bits per heavy atom. The van der Waals surface area contributed by atoms with Gasteiger partial charge in [0, 0.05) is 13.0 Å². The smallest absolute Gasteiger partial charge is 0.299 e. The van der Waals surface area contributed by atoms with Crippen LogP contribution in [0.3, 0.4) is 0 Å². The monoisotopic (exact) mass is 283 g/mol. The molecular weight excluding hydrogens is 273 g/mol. The van der Waals surface area contributed by atoms with Crippen LogP contribution in [0.5, 0.6) is 0 Å². The second-order valence-electron chi connectivity index (χ2n) is 4.37. The van der Waals surface area contributed by atoms with Crippen LogP contribution in [-0.4, -0.2) is 24.0 Å². The predicted molar refractivity (Wildman–Crippen MR) is 68.0 cm³/mol. The van der Waals surface area contributed by atoms with Gasteiger partial charge in [-0.2, -0.15) is 0 Å². The fraction of sp³-hybridized carbons (Fsp3) is 0.308. The molecule has 100 valence electrons. The quantitative estimate of drug-likeness (QED) is 0.797. The van der Waals surface area contributed by atoms with Crippen molar-refractivity contribution < 1.29 is 18.8 Å². The van der Waals surface area contributed by atoms with Gasteiger partial charge in [0.1, 0.15) is 11.6 Å². The lowest BCUT2D eigenvalue weighted by atomic mass is 10.1. The number of nitrogens with zero attached hydrogens (tertiary/aromatic N) is 1. The molecule has 1 aliphatic heterocycles. The van der Waals surface area contributed by atoms with Gasteiger partial charge in [-0.25, -0.2) is 4.39 Å². The highest BCUT2D eigenvalue weighted by Gasteiger charge is 2.36. The lowest BCUT2D eigenvalue weighted by Crippen LogP contribution is -2.30. The standard InChI is InChI=1S/C13H11ClFNO3/c1-7(17)3-2-4-16-11-6-10(15)9(14)5-8(11)12(18)13(16)19/h5-6H,2-4H2,1H3. The van der Waals surface area contributed by atoms with Crippen molar-refractivity contribution in [1.29, 1.82) is 0 Å². The van der Waals surface area contributed by atoms with E-state index in [4.69, 9.17) is 11.6 Å². The van der Waals surface area contributed by atoms with Gasteiger partial charge in [-0.05, 0) is 25.5 Å². The number of hydrogen-bond acceptors (Lipinski definition) is 3. The van der Waals surface area contributed by atoms with E-state index in [0.29, 0.717) is 12.8 Å². The zero-order chi connectivity index (χ0) is 14.2. The van der Waals surface area contributed by atoms with E-state index in [1.165, 1.54) is 11.8 Å². The molecule has 0 radical (unpaired) electrons. The summed E-state index contributed by atoms with van der Waals surface area (Å²) in [7, 11) is 0. The maximum atomic E-state index is 13.4. The van der Waals surface area contributed by atoms with Crippen molar-refractivity contribution in [2.45, 2.75) is 19.8 Å². The van der Waals surface area contributed by atoms with Gasteiger partial charge in [0.15, 0.2) is 0 Å². The minimum absolute atomic E-state index is 0.000447. The highest BCUT2D eigenvalue weighted by molar-refractivity contribution is 6.52. The molecule has 2 rings (SSSR count). The summed E-state index contributed by atoms with van der Waals surface area (Å²) in [6.07, 6.45) is 0.738. The number of fused-ring (bicyclic) bond motifs is 1. The summed E-state index contributed by atoms with van der Waals surface area (Å²) in [6.45, 7) is 1.66. The molecular formula is C13H11ClFNO3. The molecule has 0 N–H and O–H groups in total. The Bertz CT molecular complexity index is 585. The van der Waals surface area contributed by atoms with Gasteiger partial charge >= 0.3 is 0 Å². The van der Waals surface area contributed by atoms with Crippen molar-refractivity contribution >= 4 is 34.8 Å². The summed E-state index contributed by atoms with van der Waals surface area (Å²) in [5, 5.41) is -0.189. The van der Waals surface area contributed by atoms with Crippen LogP contribution < -0.4 is 4.90 Å². The molecule has 0 unspecified atom stereocenters. The van der Waals surface area contributed by atoms with Gasteiger partial charge < -0.3 is 9.69 Å². The third-order valence-corrected chi connectivity index (χ3v) is 3.21. The third-order valence-electron chi connectivity index (χ3n) is 2.92. The van der Waals surface area contributed by atoms with E-state index in [1.54, 1.807) is 0 Å². The molecule has 0 aromatic heterocycles. The molecule has 0 spiro atoms. The van der Waals surface area contributed by atoms with E-state index in [9.17, 15) is 18.8 Å². The first-order chi connectivity index (χ1) is 8.91. The minimum Gasteiger partial charge on any atom is -0.305 e. The van der Waals surface area contributed by atoms with E-state index >= 15 is 0 Å². The highest BCUT2D eigenvalue weighted by atomic mass is 35.5. The molecule has 1 aromatic rings. The van der Waals surface area contributed by atoms with E-state index in [2.05, 4.69) is 0 Å². The normalized spacial score (nSPS) is 13.9. The summed E-state index contributed by atoms with van der Waals surface area (Å²) < 4.78 is 13.4. The van der Waals surface area contributed by atoms with Gasteiger partial charge in [0.05, 0.1) is 16.3 Å². The zero-order valence-electron chi connectivity index (χ0n) is 10.2. The van der Waals surface area contributed by atoms with Gasteiger partial charge in [-0.15, -0.1) is 0 Å². The summed E-state index contributed by atoms with van der Waals surface area (Å²) in [6, 6.07) is 2.24. The minimum atomic E-state index is -0.708. The first-order valence-electron chi connectivity index (χ1n) is 5.76. The molecule has 6 heteroatoms. The molecule has 19 heavy (non-hydrogen) atoms. The average Bonchev–Trinajstić information content (AvgIpc) is 2.55. The Morgan fingerprint density at radius 2 is 2.05 bits per heavy atom. The van der Waals surface area contributed by atoms with Gasteiger partial charge in [-0.3, -0.25) is 9.59 Å². The Hall–Kier alpha value is -1.75. The topological polar surface area (TPSA) is 54.5 Å². The maximum absolute atomic E-state index is 13.4. The molecule has 1 amide bonds. The number of carbonyl (C=O) groups excluding carboxylic acids is 3. The molecule has 0 fully saturated rings. The van der Waals surface area contributed by atoms with Crippen molar-refractivity contribution in [3.05, 3.63) is 28.5 Å². The van der Waals surface area contributed by atoms with E-state index in [1.807, 2.05) is 0 Å². The lowest BCUT2D eigenvalue weighted by molar-refractivity contribution is -0.117. The van der Waals surface area contributed by atoms with Gasteiger partial charge in [-0.1, -0.05) is 11.6 Å². The Kier molecular flexibility index (Phi) is 3.66. The Balaban J connectivity index is 2.28. The Labute approximate surface area is 114 Å². The average molecular weight is 284 g/mol. The van der Waals surface area contributed by atoms with Gasteiger partial charge in [0.2, 0.25) is 0 Å². The molecule has 0 saturated carbocycles. The number of halogens is 2. The summed E-state index contributed by atoms with van der Waals surface area (Å²) in [5.41, 5.74) is 0.333. The van der Waals surface area contributed by atoms with Crippen molar-refractivity contribution in [2.24, 2.45) is 0 Å². The molecule has 0 saturated heterocycles. The van der Waals surface area contributed by atoms with Crippen LogP contribution in [-0.2, 0) is 9.59 Å². The van der Waals surface area contributed by atoms with Crippen LogP contribution in [0.4, 0.5) is 10.1 Å². The number of hydrogen-bond donors (Lipinski definition) is 0. The fourth-order valence-electron chi connectivity index (χ4n) is 2.00. The third kappa shape index (κ3) is 2.51. The predicted octanol–water partition coefficient (Wildman–Crippen LogP) is 2.38. The van der Waals surface area contributed by atoms with Crippen molar-refractivity contribution in [1.82, 2.24) is 0 Å². The number of benzene rings is 1. The van der Waals surface area contributed by atoms with Crippen LogP contribution >= 0.6 is 11.6 Å². The first-order valence-corrected chi connectivity index (χ1v) is 6.14. The summed E-state index contributed by atoms with van der Waals surface area (Å²) in [5.74, 6) is -2.08. The number of ketones is 2. The molecule has 1 heterocycles. The second-order valence-corrected chi connectivity index (χ2v) is 4.78. The van der Waals surface area contributed by atoms with Crippen molar-refractivity contribution in [3.63, 3.8) is 0 Å². The zero-order valence-corrected chi connectivity index (χ0v) is 11.0. The highest BCUT2D eigenvalue weighted by Crippen LogP contribution is 2.33. The molecule has 1 aliphatic rings. The summed E-state index contributed by atoms with van der Waals surface area (Å²) >= 11 is 5.60. The molecule has 0 atom stereocenters. The first kappa shape index (κ1) is 13.7. The number of Topliss-reactive ketones (excluding diaryl/α,β-unsaturated/α-hetero) is 2. The Morgan fingerprint density at radius 3 is 2.68 bits per heavy atom. The molecule has 0 aliphatic carbocycles.